The molecule has 0 aliphatic heterocycles. The monoisotopic (exact) mass is 274 g/mol. The van der Waals surface area contributed by atoms with Gasteiger partial charge in [-0.1, -0.05) is 72.3 Å². The van der Waals surface area contributed by atoms with Crippen molar-refractivity contribution in [2.45, 2.75) is 13.5 Å². The Morgan fingerprint density at radius 3 is 2.19 bits per heavy atom. The first-order valence-electron chi connectivity index (χ1n) is 7.15. The molecule has 104 valence electrons. The first kappa shape index (κ1) is 13.4. The molecular weight excluding hydrogens is 256 g/mol. The van der Waals surface area contributed by atoms with Crippen LogP contribution in [0.2, 0.25) is 0 Å². The fourth-order valence-corrected chi connectivity index (χ4v) is 2.33. The van der Waals surface area contributed by atoms with Gasteiger partial charge in [0, 0.05) is 0 Å². The van der Waals surface area contributed by atoms with Crippen molar-refractivity contribution < 1.29 is 4.74 Å². The van der Waals surface area contributed by atoms with Crippen LogP contribution in [-0.4, -0.2) is 0 Å². The van der Waals surface area contributed by atoms with Gasteiger partial charge in [0.05, 0.1) is 0 Å². The third-order valence-electron chi connectivity index (χ3n) is 3.43. The average molecular weight is 274 g/mol. The van der Waals surface area contributed by atoms with Gasteiger partial charge in [-0.3, -0.25) is 0 Å². The van der Waals surface area contributed by atoms with Gasteiger partial charge in [-0.2, -0.15) is 0 Å². The molecule has 0 bridgehead atoms. The summed E-state index contributed by atoms with van der Waals surface area (Å²) in [5, 5.41) is 0. The van der Waals surface area contributed by atoms with E-state index in [1.54, 1.807) is 0 Å². The Hall–Kier alpha value is -2.54. The molecule has 1 nitrogen and oxygen atoms in total. The number of benzene rings is 3. The minimum atomic E-state index is 0.595. The van der Waals surface area contributed by atoms with Crippen molar-refractivity contribution in [2.24, 2.45) is 0 Å². The van der Waals surface area contributed by atoms with E-state index in [1.807, 2.05) is 30.3 Å². The lowest BCUT2D eigenvalue weighted by Gasteiger charge is -2.09. The fraction of sp³-hybridized carbons (Fsp3) is 0.100. The fourth-order valence-electron chi connectivity index (χ4n) is 2.33. The molecule has 0 fully saturated rings. The Morgan fingerprint density at radius 1 is 0.714 bits per heavy atom. The maximum atomic E-state index is 5.88. The van der Waals surface area contributed by atoms with E-state index in [2.05, 4.69) is 55.5 Å². The second kappa shape index (κ2) is 6.27. The summed E-state index contributed by atoms with van der Waals surface area (Å²) in [6, 6.07) is 27.0. The van der Waals surface area contributed by atoms with Gasteiger partial charge >= 0.3 is 0 Å². The Labute approximate surface area is 125 Å². The number of hydrogen-bond acceptors (Lipinski definition) is 1. The van der Waals surface area contributed by atoms with Gasteiger partial charge in [0.1, 0.15) is 12.4 Å². The van der Waals surface area contributed by atoms with Crippen molar-refractivity contribution in [1.82, 2.24) is 0 Å². The lowest BCUT2D eigenvalue weighted by molar-refractivity contribution is 0.306. The van der Waals surface area contributed by atoms with Gasteiger partial charge in [-0.15, -0.1) is 0 Å². The zero-order valence-electron chi connectivity index (χ0n) is 12.1. The highest BCUT2D eigenvalue weighted by atomic mass is 16.5. The van der Waals surface area contributed by atoms with Crippen molar-refractivity contribution in [3.8, 4) is 16.9 Å². The van der Waals surface area contributed by atoms with E-state index in [4.69, 9.17) is 4.74 Å². The number of ether oxygens (including phenoxy) is 1. The molecule has 21 heavy (non-hydrogen) atoms. The van der Waals surface area contributed by atoms with E-state index in [1.165, 1.54) is 22.3 Å². The van der Waals surface area contributed by atoms with E-state index in [0.717, 1.165) is 5.75 Å². The first-order valence-corrected chi connectivity index (χ1v) is 7.15. The van der Waals surface area contributed by atoms with Crippen LogP contribution in [0.15, 0.2) is 78.9 Å². The average Bonchev–Trinajstić information content (AvgIpc) is 2.54. The van der Waals surface area contributed by atoms with Gasteiger partial charge < -0.3 is 4.74 Å². The van der Waals surface area contributed by atoms with E-state index >= 15 is 0 Å². The standard InChI is InChI=1S/C20H18O/c1-16-7-5-10-18(13-16)19-11-6-12-20(14-19)21-15-17-8-3-2-4-9-17/h2-14H,15H2,1H3. The molecule has 3 aromatic rings. The summed E-state index contributed by atoms with van der Waals surface area (Å²) in [5.41, 5.74) is 4.85. The molecule has 0 saturated carbocycles. The summed E-state index contributed by atoms with van der Waals surface area (Å²) in [6.07, 6.45) is 0. The van der Waals surface area contributed by atoms with Crippen molar-refractivity contribution in [1.29, 1.82) is 0 Å². The molecule has 0 heterocycles. The molecule has 1 heteroatoms. The lowest BCUT2D eigenvalue weighted by Crippen LogP contribution is -1.95. The highest BCUT2D eigenvalue weighted by Crippen LogP contribution is 2.25. The maximum Gasteiger partial charge on any atom is 0.120 e. The second-order valence-corrected chi connectivity index (χ2v) is 5.17. The summed E-state index contributed by atoms with van der Waals surface area (Å²) in [4.78, 5) is 0. The smallest absolute Gasteiger partial charge is 0.120 e. The van der Waals surface area contributed by atoms with E-state index in [0.29, 0.717) is 6.61 Å². The molecule has 0 radical (unpaired) electrons. The van der Waals surface area contributed by atoms with Gasteiger partial charge in [-0.25, -0.2) is 0 Å². The molecule has 3 aromatic carbocycles. The molecule has 0 spiro atoms. The van der Waals surface area contributed by atoms with Crippen LogP contribution < -0.4 is 4.74 Å². The van der Waals surface area contributed by atoms with Crippen LogP contribution in [0, 0.1) is 6.92 Å². The van der Waals surface area contributed by atoms with Crippen molar-refractivity contribution in [3.05, 3.63) is 90.0 Å². The SMILES string of the molecule is Cc1cccc(-c2cccc(OCc3ccccc3)c2)c1. The maximum absolute atomic E-state index is 5.88. The number of hydrogen-bond donors (Lipinski definition) is 0. The first-order chi connectivity index (χ1) is 10.3. The molecule has 0 aromatic heterocycles. The lowest BCUT2D eigenvalue weighted by atomic mass is 10.0. The molecular formula is C20H18O. The topological polar surface area (TPSA) is 9.23 Å². The molecule has 0 atom stereocenters. The van der Waals surface area contributed by atoms with Crippen LogP contribution in [0.3, 0.4) is 0 Å². The number of aryl methyl sites for hydroxylation is 1. The van der Waals surface area contributed by atoms with E-state index in [-0.39, 0.29) is 0 Å². The summed E-state index contributed by atoms with van der Waals surface area (Å²) in [5.74, 6) is 0.901. The quantitative estimate of drug-likeness (QED) is 0.632. The minimum absolute atomic E-state index is 0.595. The Kier molecular flexibility index (Phi) is 4.02. The molecule has 0 unspecified atom stereocenters. The molecule has 0 N–H and O–H groups in total. The van der Waals surface area contributed by atoms with Gasteiger partial charge in [-0.05, 0) is 35.7 Å². The largest absolute Gasteiger partial charge is 0.489 e. The molecule has 0 aliphatic carbocycles. The predicted molar refractivity (Wildman–Crippen MR) is 87.4 cm³/mol. The predicted octanol–water partition coefficient (Wildman–Crippen LogP) is 5.24. The summed E-state index contributed by atoms with van der Waals surface area (Å²) >= 11 is 0. The van der Waals surface area contributed by atoms with Crippen molar-refractivity contribution in [2.75, 3.05) is 0 Å². The molecule has 0 saturated heterocycles. The van der Waals surface area contributed by atoms with Crippen LogP contribution in [0.1, 0.15) is 11.1 Å². The molecule has 3 rings (SSSR count). The zero-order chi connectivity index (χ0) is 14.5. The minimum Gasteiger partial charge on any atom is -0.489 e. The van der Waals surface area contributed by atoms with E-state index in [9.17, 15) is 0 Å². The van der Waals surface area contributed by atoms with Gasteiger partial charge in [0.25, 0.3) is 0 Å². The Bertz CT molecular complexity index is 717. The van der Waals surface area contributed by atoms with Crippen LogP contribution in [-0.2, 0) is 6.61 Å². The van der Waals surface area contributed by atoms with Crippen LogP contribution in [0.25, 0.3) is 11.1 Å². The van der Waals surface area contributed by atoms with Gasteiger partial charge in [0.15, 0.2) is 0 Å². The molecule has 0 amide bonds. The number of rotatable bonds is 4. The second-order valence-electron chi connectivity index (χ2n) is 5.17. The summed E-state index contributed by atoms with van der Waals surface area (Å²) in [7, 11) is 0. The highest BCUT2D eigenvalue weighted by molar-refractivity contribution is 5.65. The van der Waals surface area contributed by atoms with E-state index < -0.39 is 0 Å². The van der Waals surface area contributed by atoms with Crippen molar-refractivity contribution >= 4 is 0 Å². The molecule has 0 aliphatic rings. The zero-order valence-corrected chi connectivity index (χ0v) is 12.1. The van der Waals surface area contributed by atoms with Crippen LogP contribution in [0.4, 0.5) is 0 Å². The van der Waals surface area contributed by atoms with Crippen molar-refractivity contribution in [3.63, 3.8) is 0 Å². The van der Waals surface area contributed by atoms with Crippen LogP contribution >= 0.6 is 0 Å². The normalized spacial score (nSPS) is 10.3. The Morgan fingerprint density at radius 2 is 1.43 bits per heavy atom. The third-order valence-corrected chi connectivity index (χ3v) is 3.43. The third kappa shape index (κ3) is 3.51. The Balaban J connectivity index is 1.77. The van der Waals surface area contributed by atoms with Gasteiger partial charge in [0.2, 0.25) is 0 Å². The summed E-state index contributed by atoms with van der Waals surface area (Å²) in [6.45, 7) is 2.71. The highest BCUT2D eigenvalue weighted by Gasteiger charge is 2.01. The van der Waals surface area contributed by atoms with Crippen LogP contribution in [0.5, 0.6) is 5.75 Å². The summed E-state index contributed by atoms with van der Waals surface area (Å²) < 4.78 is 5.88.